The number of hydrogen-bond donors (Lipinski definition) is 2. The summed E-state index contributed by atoms with van der Waals surface area (Å²) in [6, 6.07) is 4.06. The Morgan fingerprint density at radius 3 is 3.00 bits per heavy atom. The van der Waals surface area contributed by atoms with Gasteiger partial charge in [-0.05, 0) is 31.0 Å². The van der Waals surface area contributed by atoms with E-state index in [-0.39, 0.29) is 5.75 Å². The van der Waals surface area contributed by atoms with E-state index < -0.39 is 5.82 Å². The summed E-state index contributed by atoms with van der Waals surface area (Å²) in [5.41, 5.74) is 6.04. The zero-order valence-corrected chi connectivity index (χ0v) is 10.4. The lowest BCUT2D eigenvalue weighted by Crippen LogP contribution is -2.25. The summed E-state index contributed by atoms with van der Waals surface area (Å²) in [6.45, 7) is 1.38. The van der Waals surface area contributed by atoms with Gasteiger partial charge in [-0.3, -0.25) is 0 Å². The second-order valence-electron chi connectivity index (χ2n) is 4.85. The number of rotatable bonds is 2. The maximum Gasteiger partial charge on any atom is 0.166 e. The Balaban J connectivity index is 2.01. The summed E-state index contributed by atoms with van der Waals surface area (Å²) < 4.78 is 15.8. The summed E-state index contributed by atoms with van der Waals surface area (Å²) >= 11 is 0. The molecule has 1 atom stereocenters. The molecule has 0 radical (unpaired) electrons. The largest absolute Gasteiger partial charge is 0.508 e. The minimum Gasteiger partial charge on any atom is -0.508 e. The molecule has 6 heteroatoms. The van der Waals surface area contributed by atoms with Gasteiger partial charge in [-0.2, -0.15) is 0 Å². The van der Waals surface area contributed by atoms with Gasteiger partial charge in [-0.1, -0.05) is 0 Å². The van der Waals surface area contributed by atoms with Crippen LogP contribution in [0.1, 0.15) is 12.2 Å². The molecule has 2 aromatic rings. The second-order valence-corrected chi connectivity index (χ2v) is 4.85. The van der Waals surface area contributed by atoms with E-state index in [2.05, 4.69) is 10.2 Å². The van der Waals surface area contributed by atoms with E-state index in [0.29, 0.717) is 23.9 Å². The molecule has 1 aromatic carbocycles. The molecule has 1 aliphatic rings. The van der Waals surface area contributed by atoms with Crippen molar-refractivity contribution in [2.45, 2.75) is 19.4 Å². The topological polar surface area (TPSA) is 77.0 Å². The average molecular weight is 262 g/mol. The van der Waals surface area contributed by atoms with Crippen LogP contribution in [0.2, 0.25) is 0 Å². The van der Waals surface area contributed by atoms with Gasteiger partial charge in [0.1, 0.15) is 17.4 Å². The van der Waals surface area contributed by atoms with E-state index >= 15 is 0 Å². The highest BCUT2D eigenvalue weighted by molar-refractivity contribution is 5.57. The molecule has 0 spiro atoms. The number of nitrogens with two attached hydrogens (primary N) is 1. The fourth-order valence-corrected chi connectivity index (χ4v) is 2.48. The molecule has 19 heavy (non-hydrogen) atoms. The van der Waals surface area contributed by atoms with Gasteiger partial charge in [0.2, 0.25) is 0 Å². The zero-order chi connectivity index (χ0) is 13.4. The van der Waals surface area contributed by atoms with Gasteiger partial charge in [0.05, 0.1) is 5.56 Å². The predicted octanol–water partition coefficient (Wildman–Crippen LogP) is 1.31. The van der Waals surface area contributed by atoms with Crippen LogP contribution >= 0.6 is 0 Å². The number of nitrogens with zero attached hydrogens (tertiary/aromatic N) is 3. The lowest BCUT2D eigenvalue weighted by Gasteiger charge is -2.22. The third-order valence-corrected chi connectivity index (χ3v) is 3.59. The number of fused-ring (bicyclic) bond motifs is 1. The molecule has 0 saturated carbocycles. The predicted molar refractivity (Wildman–Crippen MR) is 67.9 cm³/mol. The molecule has 0 amide bonds. The Morgan fingerprint density at radius 1 is 1.42 bits per heavy atom. The highest BCUT2D eigenvalue weighted by Gasteiger charge is 2.23. The number of phenols is 1. The van der Waals surface area contributed by atoms with E-state index in [0.717, 1.165) is 31.3 Å². The molecule has 5 nitrogen and oxygen atoms in total. The van der Waals surface area contributed by atoms with E-state index in [1.165, 1.54) is 12.1 Å². The first kappa shape index (κ1) is 12.1. The maximum absolute atomic E-state index is 13.9. The first-order valence-electron chi connectivity index (χ1n) is 6.30. The lowest BCUT2D eigenvalue weighted by atomic mass is 9.98. The number of phenolic OH excluding ortho intramolecular Hbond substituents is 1. The van der Waals surface area contributed by atoms with Crippen molar-refractivity contribution in [1.29, 1.82) is 0 Å². The number of aromatic nitrogens is 3. The molecule has 3 rings (SSSR count). The summed E-state index contributed by atoms with van der Waals surface area (Å²) in [7, 11) is 0. The van der Waals surface area contributed by atoms with E-state index in [1.54, 1.807) is 0 Å². The summed E-state index contributed by atoms with van der Waals surface area (Å²) in [4.78, 5) is 0. The van der Waals surface area contributed by atoms with Crippen molar-refractivity contribution >= 4 is 0 Å². The SMILES string of the molecule is NCC1CCn2c(nnc2-c2ccc(O)cc2F)C1. The summed E-state index contributed by atoms with van der Waals surface area (Å²) in [5, 5.41) is 17.4. The molecule has 1 aliphatic heterocycles. The first-order valence-corrected chi connectivity index (χ1v) is 6.30. The molecular weight excluding hydrogens is 247 g/mol. The average Bonchev–Trinajstić information content (AvgIpc) is 2.81. The quantitative estimate of drug-likeness (QED) is 0.855. The normalized spacial score (nSPS) is 18.3. The van der Waals surface area contributed by atoms with Crippen molar-refractivity contribution < 1.29 is 9.50 Å². The van der Waals surface area contributed by atoms with E-state index in [1.807, 2.05) is 4.57 Å². The molecule has 1 aromatic heterocycles. The van der Waals surface area contributed by atoms with Crippen LogP contribution in [0.25, 0.3) is 11.4 Å². The van der Waals surface area contributed by atoms with Crippen molar-refractivity contribution in [1.82, 2.24) is 14.8 Å². The Labute approximate surface area is 109 Å². The van der Waals surface area contributed by atoms with Crippen molar-refractivity contribution in [2.75, 3.05) is 6.54 Å². The molecule has 3 N–H and O–H groups in total. The second kappa shape index (κ2) is 4.62. The lowest BCUT2D eigenvalue weighted by molar-refractivity contribution is 0.391. The molecule has 2 heterocycles. The number of halogens is 1. The highest BCUT2D eigenvalue weighted by atomic mass is 19.1. The van der Waals surface area contributed by atoms with Gasteiger partial charge in [0.15, 0.2) is 5.82 Å². The van der Waals surface area contributed by atoms with Crippen molar-refractivity contribution in [3.05, 3.63) is 29.8 Å². The van der Waals surface area contributed by atoms with Crippen LogP contribution in [0.3, 0.4) is 0 Å². The van der Waals surface area contributed by atoms with Crippen molar-refractivity contribution in [3.63, 3.8) is 0 Å². The third kappa shape index (κ3) is 2.08. The van der Waals surface area contributed by atoms with Crippen molar-refractivity contribution in [2.24, 2.45) is 11.7 Å². The van der Waals surface area contributed by atoms with Crippen LogP contribution in [0.4, 0.5) is 4.39 Å². The minimum atomic E-state index is -0.490. The minimum absolute atomic E-state index is 0.0946. The molecule has 0 aliphatic carbocycles. The molecule has 0 saturated heterocycles. The first-order chi connectivity index (χ1) is 9.19. The van der Waals surface area contributed by atoms with Crippen LogP contribution < -0.4 is 5.73 Å². The molecule has 1 unspecified atom stereocenters. The van der Waals surface area contributed by atoms with Gasteiger partial charge in [0.25, 0.3) is 0 Å². The summed E-state index contributed by atoms with van der Waals surface area (Å²) in [5.74, 6) is 1.21. The smallest absolute Gasteiger partial charge is 0.166 e. The fourth-order valence-electron chi connectivity index (χ4n) is 2.48. The Morgan fingerprint density at radius 2 is 2.26 bits per heavy atom. The van der Waals surface area contributed by atoms with Gasteiger partial charge in [-0.15, -0.1) is 10.2 Å². The molecule has 0 bridgehead atoms. The van der Waals surface area contributed by atoms with Gasteiger partial charge < -0.3 is 15.4 Å². The Hall–Kier alpha value is -1.95. The van der Waals surface area contributed by atoms with E-state index in [4.69, 9.17) is 5.73 Å². The molecule has 0 fully saturated rings. The fraction of sp³-hybridized carbons (Fsp3) is 0.385. The molecular formula is C13H15FN4O. The van der Waals surface area contributed by atoms with Gasteiger partial charge in [0, 0.05) is 19.0 Å². The van der Waals surface area contributed by atoms with E-state index in [9.17, 15) is 9.50 Å². The summed E-state index contributed by atoms with van der Waals surface area (Å²) in [6.07, 6.45) is 1.73. The highest BCUT2D eigenvalue weighted by Crippen LogP contribution is 2.28. The number of benzene rings is 1. The maximum atomic E-state index is 13.9. The zero-order valence-electron chi connectivity index (χ0n) is 10.4. The number of hydrogen-bond acceptors (Lipinski definition) is 4. The molecule has 100 valence electrons. The monoisotopic (exact) mass is 262 g/mol. The van der Waals surface area contributed by atoms with Crippen LogP contribution in [0, 0.1) is 11.7 Å². The van der Waals surface area contributed by atoms with Crippen LogP contribution in [0.5, 0.6) is 5.75 Å². The van der Waals surface area contributed by atoms with Gasteiger partial charge >= 0.3 is 0 Å². The van der Waals surface area contributed by atoms with Crippen LogP contribution in [-0.2, 0) is 13.0 Å². The van der Waals surface area contributed by atoms with Crippen LogP contribution in [0.15, 0.2) is 18.2 Å². The Bertz CT molecular complexity index is 611. The van der Waals surface area contributed by atoms with Crippen LogP contribution in [-0.4, -0.2) is 26.4 Å². The van der Waals surface area contributed by atoms with Crippen molar-refractivity contribution in [3.8, 4) is 17.1 Å². The third-order valence-electron chi connectivity index (χ3n) is 3.59. The van der Waals surface area contributed by atoms with Gasteiger partial charge in [-0.25, -0.2) is 4.39 Å². The Kier molecular flexibility index (Phi) is 2.94. The number of aromatic hydroxyl groups is 1. The standard InChI is InChI=1S/C13H15FN4O/c14-11-6-9(19)1-2-10(11)13-17-16-12-5-8(7-15)3-4-18(12)13/h1-2,6,8,19H,3-5,7,15H2.